The Labute approximate surface area is 164 Å². The highest BCUT2D eigenvalue weighted by atomic mass is 16.5. The standard InChI is InChI=1S/C23H26O5/c1-14-18-12-16(23(2,3)4)8-11-20(18)28-21(14)19(24)13-27-17-9-6-15(7-10-17)22(25)26-5/h6-12,19,24H,13H2,1-5H3. The number of hydrogen-bond acceptors (Lipinski definition) is 5. The first kappa shape index (κ1) is 20.0. The topological polar surface area (TPSA) is 68.9 Å². The van der Waals surface area contributed by atoms with Gasteiger partial charge in [0.1, 0.15) is 29.8 Å². The molecule has 0 saturated carbocycles. The summed E-state index contributed by atoms with van der Waals surface area (Å²) in [5.74, 6) is 0.654. The second-order valence-corrected chi connectivity index (χ2v) is 7.90. The van der Waals surface area contributed by atoms with E-state index < -0.39 is 12.1 Å². The highest BCUT2D eigenvalue weighted by molar-refractivity contribution is 5.89. The fourth-order valence-electron chi connectivity index (χ4n) is 3.08. The molecule has 0 aliphatic rings. The van der Waals surface area contributed by atoms with Gasteiger partial charge < -0.3 is 19.0 Å². The van der Waals surface area contributed by atoms with Crippen LogP contribution < -0.4 is 4.74 Å². The van der Waals surface area contributed by atoms with Crippen LogP contribution in [0.15, 0.2) is 46.9 Å². The van der Waals surface area contributed by atoms with Gasteiger partial charge in [0.05, 0.1) is 12.7 Å². The third-order valence-corrected chi connectivity index (χ3v) is 4.83. The lowest BCUT2D eigenvalue weighted by Crippen LogP contribution is -2.10. The van der Waals surface area contributed by atoms with Crippen molar-refractivity contribution in [2.24, 2.45) is 0 Å². The number of furan rings is 1. The average molecular weight is 382 g/mol. The number of hydrogen-bond donors (Lipinski definition) is 1. The third kappa shape index (κ3) is 4.04. The van der Waals surface area contributed by atoms with Gasteiger partial charge in [0.25, 0.3) is 0 Å². The van der Waals surface area contributed by atoms with Crippen molar-refractivity contribution in [3.8, 4) is 5.75 Å². The second-order valence-electron chi connectivity index (χ2n) is 7.90. The van der Waals surface area contributed by atoms with Crippen molar-refractivity contribution in [3.63, 3.8) is 0 Å². The summed E-state index contributed by atoms with van der Waals surface area (Å²) in [6, 6.07) is 12.7. The fourth-order valence-corrected chi connectivity index (χ4v) is 3.08. The molecule has 5 heteroatoms. The normalized spacial score (nSPS) is 12.8. The number of aryl methyl sites for hydroxylation is 1. The van der Waals surface area contributed by atoms with Gasteiger partial charge in [-0.3, -0.25) is 0 Å². The van der Waals surface area contributed by atoms with Gasteiger partial charge in [-0.25, -0.2) is 4.79 Å². The van der Waals surface area contributed by atoms with Gasteiger partial charge in [0.15, 0.2) is 0 Å². The minimum Gasteiger partial charge on any atom is -0.490 e. The molecule has 0 fully saturated rings. The van der Waals surface area contributed by atoms with Crippen LogP contribution in [0.1, 0.15) is 54.1 Å². The van der Waals surface area contributed by atoms with E-state index >= 15 is 0 Å². The summed E-state index contributed by atoms with van der Waals surface area (Å²) in [5.41, 5.74) is 3.36. The molecule has 0 spiro atoms. The number of methoxy groups -OCH3 is 1. The highest BCUT2D eigenvalue weighted by Crippen LogP contribution is 2.33. The molecule has 0 radical (unpaired) electrons. The van der Waals surface area contributed by atoms with Crippen LogP contribution in [0.3, 0.4) is 0 Å². The molecule has 1 N–H and O–H groups in total. The Bertz CT molecular complexity index is 977. The molecule has 0 amide bonds. The van der Waals surface area contributed by atoms with Crippen molar-refractivity contribution in [2.75, 3.05) is 13.7 Å². The Balaban J connectivity index is 1.75. The van der Waals surface area contributed by atoms with Crippen molar-refractivity contribution in [1.82, 2.24) is 0 Å². The number of carbonyl (C=O) groups is 1. The summed E-state index contributed by atoms with van der Waals surface area (Å²) >= 11 is 0. The predicted molar refractivity (Wildman–Crippen MR) is 108 cm³/mol. The first-order chi connectivity index (χ1) is 13.2. The SMILES string of the molecule is COC(=O)c1ccc(OCC(O)c2oc3ccc(C(C)(C)C)cc3c2C)cc1. The lowest BCUT2D eigenvalue weighted by atomic mass is 9.86. The van der Waals surface area contributed by atoms with E-state index in [0.717, 1.165) is 16.5 Å². The molecule has 2 aromatic carbocycles. The predicted octanol–water partition coefficient (Wildman–Crippen LogP) is 4.94. The zero-order chi connectivity index (χ0) is 20.5. The van der Waals surface area contributed by atoms with E-state index in [1.54, 1.807) is 24.3 Å². The minimum absolute atomic E-state index is 0.0378. The second kappa shape index (κ2) is 7.68. The maximum atomic E-state index is 11.5. The molecule has 1 unspecified atom stereocenters. The maximum absolute atomic E-state index is 11.5. The molecule has 3 aromatic rings. The van der Waals surface area contributed by atoms with Gasteiger partial charge in [-0.2, -0.15) is 0 Å². The summed E-state index contributed by atoms with van der Waals surface area (Å²) in [6.45, 7) is 8.49. The summed E-state index contributed by atoms with van der Waals surface area (Å²) in [5, 5.41) is 11.6. The van der Waals surface area contributed by atoms with Crippen molar-refractivity contribution >= 4 is 16.9 Å². The van der Waals surface area contributed by atoms with Crippen LogP contribution in [0, 0.1) is 6.92 Å². The number of benzene rings is 2. The quantitative estimate of drug-likeness (QED) is 0.633. The van der Waals surface area contributed by atoms with Crippen LogP contribution in [0.4, 0.5) is 0 Å². The van der Waals surface area contributed by atoms with Crippen molar-refractivity contribution < 1.29 is 23.8 Å². The van der Waals surface area contributed by atoms with E-state index in [-0.39, 0.29) is 12.0 Å². The lowest BCUT2D eigenvalue weighted by molar-refractivity contribution is 0.0600. The lowest BCUT2D eigenvalue weighted by Gasteiger charge is -2.18. The van der Waals surface area contributed by atoms with Gasteiger partial charge in [-0.15, -0.1) is 0 Å². The molecular weight excluding hydrogens is 356 g/mol. The number of ether oxygens (including phenoxy) is 2. The molecule has 0 saturated heterocycles. The van der Waals surface area contributed by atoms with E-state index in [1.807, 2.05) is 13.0 Å². The molecule has 3 rings (SSSR count). The number of esters is 1. The number of carbonyl (C=O) groups excluding carboxylic acids is 1. The summed E-state index contributed by atoms with van der Waals surface area (Å²) in [6.07, 6.45) is -0.897. The van der Waals surface area contributed by atoms with Crippen molar-refractivity contribution in [1.29, 1.82) is 0 Å². The van der Waals surface area contributed by atoms with Gasteiger partial charge in [0, 0.05) is 10.9 Å². The fraction of sp³-hybridized carbons (Fsp3) is 0.348. The van der Waals surface area contributed by atoms with Crippen LogP contribution in [0.5, 0.6) is 5.75 Å². The highest BCUT2D eigenvalue weighted by Gasteiger charge is 2.21. The van der Waals surface area contributed by atoms with E-state index in [9.17, 15) is 9.90 Å². The van der Waals surface area contributed by atoms with Crippen molar-refractivity contribution in [3.05, 3.63) is 64.9 Å². The molecule has 28 heavy (non-hydrogen) atoms. The van der Waals surface area contributed by atoms with Crippen LogP contribution in [0.2, 0.25) is 0 Å². The van der Waals surface area contributed by atoms with E-state index in [0.29, 0.717) is 17.1 Å². The zero-order valence-electron chi connectivity index (χ0n) is 16.9. The molecule has 0 aliphatic carbocycles. The van der Waals surface area contributed by atoms with Gasteiger partial charge >= 0.3 is 5.97 Å². The first-order valence-electron chi connectivity index (χ1n) is 9.23. The van der Waals surface area contributed by atoms with Gasteiger partial charge in [-0.1, -0.05) is 26.8 Å². The Hall–Kier alpha value is -2.79. The van der Waals surface area contributed by atoms with E-state index in [4.69, 9.17) is 9.15 Å². The number of fused-ring (bicyclic) bond motifs is 1. The Morgan fingerprint density at radius 2 is 1.82 bits per heavy atom. The molecule has 0 bridgehead atoms. The van der Waals surface area contributed by atoms with Gasteiger partial charge in [0.2, 0.25) is 0 Å². The molecule has 1 aromatic heterocycles. The Kier molecular flexibility index (Phi) is 5.47. The van der Waals surface area contributed by atoms with Crippen LogP contribution in [-0.4, -0.2) is 24.8 Å². The number of rotatable bonds is 5. The van der Waals surface area contributed by atoms with Crippen LogP contribution >= 0.6 is 0 Å². The van der Waals surface area contributed by atoms with Crippen molar-refractivity contribution in [2.45, 2.75) is 39.2 Å². The zero-order valence-corrected chi connectivity index (χ0v) is 16.9. The van der Waals surface area contributed by atoms with Crippen LogP contribution in [0.25, 0.3) is 11.0 Å². The molecule has 5 nitrogen and oxygen atoms in total. The number of aliphatic hydroxyl groups is 1. The van der Waals surface area contributed by atoms with E-state index in [1.165, 1.54) is 12.7 Å². The third-order valence-electron chi connectivity index (χ3n) is 4.83. The van der Waals surface area contributed by atoms with Gasteiger partial charge in [-0.05, 0) is 54.3 Å². The molecule has 148 valence electrons. The molecule has 0 aliphatic heterocycles. The molecule has 1 atom stereocenters. The molecular formula is C23H26O5. The molecule has 1 heterocycles. The number of aliphatic hydroxyl groups excluding tert-OH is 1. The largest absolute Gasteiger partial charge is 0.490 e. The minimum atomic E-state index is -0.897. The Morgan fingerprint density at radius 1 is 1.14 bits per heavy atom. The summed E-state index contributed by atoms with van der Waals surface area (Å²) < 4.78 is 16.2. The summed E-state index contributed by atoms with van der Waals surface area (Å²) in [4.78, 5) is 11.5. The van der Waals surface area contributed by atoms with E-state index in [2.05, 4.69) is 37.6 Å². The Morgan fingerprint density at radius 3 is 2.43 bits per heavy atom. The van der Waals surface area contributed by atoms with Crippen LogP contribution in [-0.2, 0) is 10.2 Å². The average Bonchev–Trinajstić information content (AvgIpc) is 3.01. The maximum Gasteiger partial charge on any atom is 0.337 e. The smallest absolute Gasteiger partial charge is 0.337 e. The summed E-state index contributed by atoms with van der Waals surface area (Å²) in [7, 11) is 1.34. The first-order valence-corrected chi connectivity index (χ1v) is 9.23. The monoisotopic (exact) mass is 382 g/mol.